The van der Waals surface area contributed by atoms with Crippen LogP contribution in [-0.2, 0) is 11.3 Å². The zero-order valence-electron chi connectivity index (χ0n) is 17.4. The van der Waals surface area contributed by atoms with Crippen LogP contribution in [0.5, 0.6) is 11.8 Å². The zero-order valence-corrected chi connectivity index (χ0v) is 17.4. The fourth-order valence-electron chi connectivity index (χ4n) is 3.54. The van der Waals surface area contributed by atoms with Crippen LogP contribution >= 0.6 is 0 Å². The number of hydrogen-bond donors (Lipinski definition) is 1. The van der Waals surface area contributed by atoms with Gasteiger partial charge in [0.05, 0.1) is 23.8 Å². The smallest absolute Gasteiger partial charge is 0.325 e. The molecule has 2 N–H and O–H groups in total. The number of aromatic nitrogens is 4. The Kier molecular flexibility index (Phi) is 5.57. The summed E-state index contributed by atoms with van der Waals surface area (Å²) in [5, 5.41) is 0. The molecule has 0 amide bonds. The Balaban J connectivity index is 1.64. The fourth-order valence-corrected chi connectivity index (χ4v) is 3.54. The Morgan fingerprint density at radius 2 is 1.82 bits per heavy atom. The van der Waals surface area contributed by atoms with Crippen molar-refractivity contribution in [1.82, 2.24) is 19.5 Å². The van der Waals surface area contributed by atoms with Gasteiger partial charge in [-0.15, -0.1) is 0 Å². The van der Waals surface area contributed by atoms with Crippen LogP contribution in [0.1, 0.15) is 17.8 Å². The molecule has 2 aromatic heterocycles. The summed E-state index contributed by atoms with van der Waals surface area (Å²) in [5.41, 5.74) is 7.55. The van der Waals surface area contributed by atoms with Crippen LogP contribution in [-0.4, -0.2) is 32.7 Å². The summed E-state index contributed by atoms with van der Waals surface area (Å²) in [5.74, 6) is 0.789. The van der Waals surface area contributed by atoms with E-state index >= 15 is 0 Å². The first-order valence-electron chi connectivity index (χ1n) is 10.3. The minimum Gasteiger partial charge on any atom is -0.498 e. The minimum absolute atomic E-state index is 0.0147. The zero-order chi connectivity index (χ0) is 22.8. The van der Waals surface area contributed by atoms with E-state index in [2.05, 4.69) is 15.0 Å². The maximum Gasteiger partial charge on any atom is 0.325 e. The molecule has 2 aromatic carbocycles. The van der Waals surface area contributed by atoms with Crippen LogP contribution in [0.2, 0.25) is 0 Å². The number of fused-ring (bicyclic) bond motifs is 1. The Morgan fingerprint density at radius 3 is 2.55 bits per heavy atom. The highest BCUT2D eigenvalue weighted by Gasteiger charge is 2.23. The molecular formula is C23H20F2N6O2. The van der Waals surface area contributed by atoms with Crippen LogP contribution in [0.4, 0.5) is 14.6 Å². The predicted octanol–water partition coefficient (Wildman–Crippen LogP) is 4.31. The van der Waals surface area contributed by atoms with Gasteiger partial charge in [0.2, 0.25) is 0 Å². The number of rotatable bonds is 6. The molecule has 0 aliphatic carbocycles. The van der Waals surface area contributed by atoms with Gasteiger partial charge in [0, 0.05) is 18.8 Å². The number of alkyl halides is 2. The maximum atomic E-state index is 13.9. The Hall–Kier alpha value is -4.05. The molecule has 168 valence electrons. The average molecular weight is 450 g/mol. The van der Waals surface area contributed by atoms with Gasteiger partial charge in [-0.05, 0) is 29.8 Å². The standard InChI is InChI=1S/C23H20F2N6O2/c24-21(25)22-27-17-3-1-2-4-18(17)31(22)20-13-19(30-9-11-32-12-10-30)28-23(29-20)33-16-7-5-15(14-26)6-8-16/h1-9,11,13,21H,10,12,14,26H2. The molecule has 4 aromatic rings. The van der Waals surface area contributed by atoms with Gasteiger partial charge >= 0.3 is 6.01 Å². The molecule has 0 spiro atoms. The van der Waals surface area contributed by atoms with Gasteiger partial charge in [0.1, 0.15) is 24.0 Å². The van der Waals surface area contributed by atoms with Gasteiger partial charge in [-0.2, -0.15) is 9.97 Å². The molecule has 0 unspecified atom stereocenters. The van der Waals surface area contributed by atoms with Crippen molar-refractivity contribution in [2.45, 2.75) is 13.0 Å². The summed E-state index contributed by atoms with van der Waals surface area (Å²) in [7, 11) is 0. The van der Waals surface area contributed by atoms with E-state index in [-0.39, 0.29) is 11.8 Å². The highest BCUT2D eigenvalue weighted by molar-refractivity contribution is 5.78. The van der Waals surface area contributed by atoms with E-state index in [1.807, 2.05) is 17.0 Å². The number of anilines is 1. The molecule has 0 saturated heterocycles. The molecule has 1 aliphatic rings. The van der Waals surface area contributed by atoms with Crippen molar-refractivity contribution in [3.05, 3.63) is 78.4 Å². The number of nitrogens with zero attached hydrogens (tertiary/aromatic N) is 5. The number of ether oxygens (including phenoxy) is 2. The number of nitrogens with two attached hydrogens (primary N) is 1. The van der Waals surface area contributed by atoms with Crippen LogP contribution in [0, 0.1) is 0 Å². The number of halogens is 2. The lowest BCUT2D eigenvalue weighted by Gasteiger charge is -2.23. The summed E-state index contributed by atoms with van der Waals surface area (Å²) in [6.07, 6.45) is 0.469. The van der Waals surface area contributed by atoms with E-state index in [9.17, 15) is 8.78 Å². The van der Waals surface area contributed by atoms with Crippen LogP contribution in [0.3, 0.4) is 0 Å². The van der Waals surface area contributed by atoms with Gasteiger partial charge in [-0.25, -0.2) is 13.8 Å². The molecule has 8 nitrogen and oxygen atoms in total. The van der Waals surface area contributed by atoms with Gasteiger partial charge in [-0.3, -0.25) is 4.57 Å². The summed E-state index contributed by atoms with van der Waals surface area (Å²) in [4.78, 5) is 14.9. The molecule has 0 saturated carbocycles. The average Bonchev–Trinajstić information content (AvgIpc) is 3.25. The Morgan fingerprint density at radius 1 is 1.03 bits per heavy atom. The molecule has 0 bridgehead atoms. The second-order valence-corrected chi connectivity index (χ2v) is 7.26. The van der Waals surface area contributed by atoms with Gasteiger partial charge in [0.15, 0.2) is 5.82 Å². The van der Waals surface area contributed by atoms with E-state index in [4.69, 9.17) is 15.2 Å². The molecule has 10 heteroatoms. The monoisotopic (exact) mass is 450 g/mol. The van der Waals surface area contributed by atoms with Gasteiger partial charge in [-0.1, -0.05) is 24.3 Å². The minimum atomic E-state index is -2.80. The topological polar surface area (TPSA) is 91.3 Å². The quantitative estimate of drug-likeness (QED) is 0.468. The molecule has 1 aliphatic heterocycles. The van der Waals surface area contributed by atoms with Crippen LogP contribution in [0.25, 0.3) is 16.9 Å². The number of imidazole rings is 1. The molecule has 0 atom stereocenters. The van der Waals surface area contributed by atoms with E-state index in [0.717, 1.165) is 5.56 Å². The van der Waals surface area contributed by atoms with Crippen molar-refractivity contribution < 1.29 is 18.3 Å². The second-order valence-electron chi connectivity index (χ2n) is 7.26. The summed E-state index contributed by atoms with van der Waals surface area (Å²) < 4.78 is 40.3. The Bertz CT molecular complexity index is 1310. The summed E-state index contributed by atoms with van der Waals surface area (Å²) in [6, 6.07) is 15.7. The molecule has 5 rings (SSSR count). The summed E-state index contributed by atoms with van der Waals surface area (Å²) in [6.45, 7) is 1.40. The van der Waals surface area contributed by atoms with E-state index in [0.29, 0.717) is 42.3 Å². The number of hydrogen-bond acceptors (Lipinski definition) is 7. The van der Waals surface area contributed by atoms with Crippen molar-refractivity contribution in [1.29, 1.82) is 0 Å². The van der Waals surface area contributed by atoms with Crippen molar-refractivity contribution in [3.8, 4) is 17.6 Å². The number of benzene rings is 2. The predicted molar refractivity (Wildman–Crippen MR) is 118 cm³/mol. The van der Waals surface area contributed by atoms with Crippen molar-refractivity contribution in [2.24, 2.45) is 5.73 Å². The van der Waals surface area contributed by atoms with E-state index in [1.165, 1.54) is 4.57 Å². The SMILES string of the molecule is NCc1ccc(Oc2nc(N3C=COCC3)cc(-n3c(C(F)F)nc4ccccc43)n2)cc1. The first-order valence-corrected chi connectivity index (χ1v) is 10.3. The van der Waals surface area contributed by atoms with Crippen molar-refractivity contribution >= 4 is 16.9 Å². The van der Waals surface area contributed by atoms with E-state index in [1.54, 1.807) is 54.9 Å². The van der Waals surface area contributed by atoms with Gasteiger partial charge < -0.3 is 20.1 Å². The highest BCUT2D eigenvalue weighted by atomic mass is 19.3. The normalized spacial score (nSPS) is 13.5. The third kappa shape index (κ3) is 4.20. The van der Waals surface area contributed by atoms with Crippen LogP contribution < -0.4 is 15.4 Å². The number of para-hydroxylation sites is 2. The van der Waals surface area contributed by atoms with Crippen LogP contribution in [0.15, 0.2) is 67.1 Å². The first kappa shape index (κ1) is 20.8. The third-order valence-corrected chi connectivity index (χ3v) is 5.14. The highest BCUT2D eigenvalue weighted by Crippen LogP contribution is 2.30. The fraction of sp³-hybridized carbons (Fsp3) is 0.174. The molecule has 3 heterocycles. The lowest BCUT2D eigenvalue weighted by molar-refractivity contribution is 0.139. The largest absolute Gasteiger partial charge is 0.498 e. The molecule has 0 fully saturated rings. The molecular weight excluding hydrogens is 430 g/mol. The Labute approximate surface area is 187 Å². The summed E-state index contributed by atoms with van der Waals surface area (Å²) >= 11 is 0. The van der Waals surface area contributed by atoms with Crippen molar-refractivity contribution in [3.63, 3.8) is 0 Å². The second kappa shape index (κ2) is 8.83. The maximum absolute atomic E-state index is 13.9. The first-order chi connectivity index (χ1) is 16.1. The lowest BCUT2D eigenvalue weighted by atomic mass is 10.2. The third-order valence-electron chi connectivity index (χ3n) is 5.14. The van der Waals surface area contributed by atoms with E-state index < -0.39 is 12.2 Å². The molecule has 0 radical (unpaired) electrons. The lowest BCUT2D eigenvalue weighted by Crippen LogP contribution is -2.25. The molecule has 33 heavy (non-hydrogen) atoms. The van der Waals surface area contributed by atoms with Crippen molar-refractivity contribution in [2.75, 3.05) is 18.1 Å². The van der Waals surface area contributed by atoms with Gasteiger partial charge in [0.25, 0.3) is 6.43 Å².